The van der Waals surface area contributed by atoms with E-state index in [0.717, 1.165) is 47.7 Å². The molecule has 1 aliphatic heterocycles. The lowest BCUT2D eigenvalue weighted by Crippen LogP contribution is -2.34. The Bertz CT molecular complexity index is 798. The van der Waals surface area contributed by atoms with Crippen LogP contribution in [0.2, 0.25) is 0 Å². The van der Waals surface area contributed by atoms with Crippen LogP contribution < -0.4 is 4.74 Å². The van der Waals surface area contributed by atoms with Crippen molar-refractivity contribution in [3.63, 3.8) is 0 Å². The van der Waals surface area contributed by atoms with Crippen molar-refractivity contribution in [2.75, 3.05) is 26.9 Å². The van der Waals surface area contributed by atoms with Crippen LogP contribution in [0.3, 0.4) is 0 Å². The third-order valence-electron chi connectivity index (χ3n) is 5.02. The van der Waals surface area contributed by atoms with Crippen molar-refractivity contribution in [1.82, 2.24) is 14.7 Å². The Morgan fingerprint density at radius 1 is 1.38 bits per heavy atom. The average Bonchev–Trinajstić information content (AvgIpc) is 2.89. The Kier molecular flexibility index (Phi) is 5.61. The molecular formula is C20H27N3O3. The van der Waals surface area contributed by atoms with Gasteiger partial charge in [0.15, 0.2) is 0 Å². The second-order valence-corrected chi connectivity index (χ2v) is 6.77. The minimum Gasteiger partial charge on any atom is -0.493 e. The maximum absolute atomic E-state index is 13.2. The molecule has 0 atom stereocenters. The standard InChI is InChI=1S/C20H27N3O3/c1-14-18(15(2)22(3)21-14)13-23(9-11-25-4)20(24)17-7-8-19-16(12-17)6-5-10-26-19/h7-8,12H,5-6,9-11,13H2,1-4H3. The Morgan fingerprint density at radius 2 is 2.19 bits per heavy atom. The maximum Gasteiger partial charge on any atom is 0.254 e. The molecule has 1 aliphatic rings. The van der Waals surface area contributed by atoms with Crippen LogP contribution in [0.5, 0.6) is 5.75 Å². The summed E-state index contributed by atoms with van der Waals surface area (Å²) in [6.07, 6.45) is 1.95. The van der Waals surface area contributed by atoms with E-state index < -0.39 is 0 Å². The summed E-state index contributed by atoms with van der Waals surface area (Å²) < 4.78 is 12.7. The summed E-state index contributed by atoms with van der Waals surface area (Å²) in [4.78, 5) is 15.0. The molecular weight excluding hydrogens is 330 g/mol. The number of amides is 1. The quantitative estimate of drug-likeness (QED) is 0.798. The van der Waals surface area contributed by atoms with E-state index in [9.17, 15) is 4.79 Å². The van der Waals surface area contributed by atoms with Crippen molar-refractivity contribution in [1.29, 1.82) is 0 Å². The minimum atomic E-state index is 0.0121. The van der Waals surface area contributed by atoms with Gasteiger partial charge in [-0.1, -0.05) is 0 Å². The van der Waals surface area contributed by atoms with Crippen molar-refractivity contribution < 1.29 is 14.3 Å². The Labute approximate surface area is 154 Å². The van der Waals surface area contributed by atoms with Crippen molar-refractivity contribution in [3.8, 4) is 5.75 Å². The molecule has 0 bridgehead atoms. The molecule has 2 aromatic rings. The average molecular weight is 357 g/mol. The normalized spacial score (nSPS) is 13.2. The van der Waals surface area contributed by atoms with Crippen molar-refractivity contribution in [3.05, 3.63) is 46.3 Å². The smallest absolute Gasteiger partial charge is 0.254 e. The fourth-order valence-corrected chi connectivity index (χ4v) is 3.37. The molecule has 26 heavy (non-hydrogen) atoms. The van der Waals surface area contributed by atoms with Crippen molar-refractivity contribution in [2.45, 2.75) is 33.2 Å². The number of ether oxygens (including phenoxy) is 2. The highest BCUT2D eigenvalue weighted by Gasteiger charge is 2.21. The molecule has 0 saturated heterocycles. The van der Waals surface area contributed by atoms with Gasteiger partial charge in [0.2, 0.25) is 0 Å². The predicted molar refractivity (Wildman–Crippen MR) is 99.6 cm³/mol. The summed E-state index contributed by atoms with van der Waals surface area (Å²) in [5.41, 5.74) is 4.95. The van der Waals surface area contributed by atoms with E-state index in [2.05, 4.69) is 5.10 Å². The van der Waals surface area contributed by atoms with Crippen LogP contribution >= 0.6 is 0 Å². The lowest BCUT2D eigenvalue weighted by Gasteiger charge is -2.24. The lowest BCUT2D eigenvalue weighted by molar-refractivity contribution is 0.0679. The predicted octanol–water partition coefficient (Wildman–Crippen LogP) is 2.65. The molecule has 1 aromatic carbocycles. The number of hydrogen-bond acceptors (Lipinski definition) is 4. The summed E-state index contributed by atoms with van der Waals surface area (Å²) in [5, 5.41) is 4.46. The van der Waals surface area contributed by atoms with Crippen LogP contribution in [0.25, 0.3) is 0 Å². The summed E-state index contributed by atoms with van der Waals surface area (Å²) in [7, 11) is 3.58. The van der Waals surface area contributed by atoms with Crippen molar-refractivity contribution >= 4 is 5.91 Å². The molecule has 0 unspecified atom stereocenters. The molecule has 140 valence electrons. The zero-order valence-electron chi connectivity index (χ0n) is 16.0. The van der Waals surface area contributed by atoms with Gasteiger partial charge in [-0.15, -0.1) is 0 Å². The maximum atomic E-state index is 13.2. The van der Waals surface area contributed by atoms with Gasteiger partial charge in [0.05, 0.1) is 18.9 Å². The van der Waals surface area contributed by atoms with Gasteiger partial charge >= 0.3 is 0 Å². The summed E-state index contributed by atoms with van der Waals surface area (Å²) in [5.74, 6) is 0.910. The molecule has 0 spiro atoms. The topological polar surface area (TPSA) is 56.6 Å². The number of rotatable bonds is 6. The fraction of sp³-hybridized carbons (Fsp3) is 0.500. The zero-order chi connectivity index (χ0) is 18.7. The number of carbonyl (C=O) groups is 1. The molecule has 6 nitrogen and oxygen atoms in total. The summed E-state index contributed by atoms with van der Waals surface area (Å²) >= 11 is 0. The molecule has 6 heteroatoms. The number of hydrogen-bond donors (Lipinski definition) is 0. The van der Waals surface area contributed by atoms with Crippen LogP contribution in [-0.4, -0.2) is 47.5 Å². The number of carbonyl (C=O) groups excluding carboxylic acids is 1. The van der Waals surface area contributed by atoms with Crippen LogP contribution in [0.15, 0.2) is 18.2 Å². The van der Waals surface area contributed by atoms with E-state index in [1.165, 1.54) is 0 Å². The van der Waals surface area contributed by atoms with E-state index in [-0.39, 0.29) is 5.91 Å². The Balaban J connectivity index is 1.85. The number of aryl methyl sites for hydroxylation is 3. The third-order valence-corrected chi connectivity index (χ3v) is 5.02. The second kappa shape index (κ2) is 7.91. The molecule has 0 saturated carbocycles. The van der Waals surface area contributed by atoms with Crippen LogP contribution in [0, 0.1) is 13.8 Å². The number of methoxy groups -OCH3 is 1. The fourth-order valence-electron chi connectivity index (χ4n) is 3.37. The van der Waals surface area contributed by atoms with E-state index >= 15 is 0 Å². The second-order valence-electron chi connectivity index (χ2n) is 6.77. The zero-order valence-corrected chi connectivity index (χ0v) is 16.0. The van der Waals surface area contributed by atoms with Gasteiger partial charge in [0.1, 0.15) is 5.75 Å². The minimum absolute atomic E-state index is 0.0121. The SMILES string of the molecule is COCCN(Cc1c(C)nn(C)c1C)C(=O)c1ccc2c(c1)CCCO2. The molecule has 3 rings (SSSR count). The molecule has 0 radical (unpaired) electrons. The molecule has 1 amide bonds. The van der Waals surface area contributed by atoms with E-state index in [1.807, 2.05) is 48.7 Å². The molecule has 1 aromatic heterocycles. The number of nitrogens with zero attached hydrogens (tertiary/aromatic N) is 3. The summed E-state index contributed by atoms with van der Waals surface area (Å²) in [6.45, 7) is 6.33. The molecule has 0 N–H and O–H groups in total. The van der Waals surface area contributed by atoms with Crippen LogP contribution in [-0.2, 0) is 24.8 Å². The third kappa shape index (κ3) is 3.75. The van der Waals surface area contributed by atoms with E-state index in [1.54, 1.807) is 7.11 Å². The first-order chi connectivity index (χ1) is 12.5. The van der Waals surface area contributed by atoms with Crippen LogP contribution in [0.4, 0.5) is 0 Å². The first-order valence-electron chi connectivity index (χ1n) is 9.04. The van der Waals surface area contributed by atoms with Crippen molar-refractivity contribution in [2.24, 2.45) is 7.05 Å². The van der Waals surface area contributed by atoms with Gasteiger partial charge < -0.3 is 14.4 Å². The molecule has 0 fully saturated rings. The molecule has 2 heterocycles. The van der Waals surface area contributed by atoms with Gasteiger partial charge in [-0.2, -0.15) is 5.10 Å². The first-order valence-corrected chi connectivity index (χ1v) is 9.04. The highest BCUT2D eigenvalue weighted by atomic mass is 16.5. The van der Waals surface area contributed by atoms with E-state index in [4.69, 9.17) is 9.47 Å². The summed E-state index contributed by atoms with van der Waals surface area (Å²) in [6, 6.07) is 5.74. The number of aromatic nitrogens is 2. The first kappa shape index (κ1) is 18.5. The van der Waals surface area contributed by atoms with Crippen LogP contribution in [0.1, 0.15) is 39.3 Å². The largest absolute Gasteiger partial charge is 0.493 e. The Morgan fingerprint density at radius 3 is 2.88 bits per heavy atom. The molecule has 0 aliphatic carbocycles. The highest BCUT2D eigenvalue weighted by molar-refractivity contribution is 5.94. The van der Waals surface area contributed by atoms with Gasteiger partial charge in [0.25, 0.3) is 5.91 Å². The van der Waals surface area contributed by atoms with Gasteiger partial charge in [-0.05, 0) is 50.5 Å². The van der Waals surface area contributed by atoms with Gasteiger partial charge in [0, 0.05) is 44.1 Å². The highest BCUT2D eigenvalue weighted by Crippen LogP contribution is 2.26. The van der Waals surface area contributed by atoms with Gasteiger partial charge in [-0.3, -0.25) is 9.48 Å². The van der Waals surface area contributed by atoms with E-state index in [0.29, 0.717) is 25.3 Å². The number of benzene rings is 1. The van der Waals surface area contributed by atoms with Gasteiger partial charge in [-0.25, -0.2) is 0 Å². The lowest BCUT2D eigenvalue weighted by atomic mass is 10.0. The number of fused-ring (bicyclic) bond motifs is 1. The Hall–Kier alpha value is -2.34. The monoisotopic (exact) mass is 357 g/mol.